The van der Waals surface area contributed by atoms with E-state index in [4.69, 9.17) is 10.5 Å². The molecule has 19 heavy (non-hydrogen) atoms. The largest absolute Gasteiger partial charge is 0.494 e. The second kappa shape index (κ2) is 6.53. The van der Waals surface area contributed by atoms with Crippen LogP contribution in [-0.4, -0.2) is 6.61 Å². The summed E-state index contributed by atoms with van der Waals surface area (Å²) in [6, 6.07) is 14.4. The van der Waals surface area contributed by atoms with Crippen molar-refractivity contribution in [3.8, 4) is 5.75 Å². The average molecular weight is 273 g/mol. The first-order valence-electron chi connectivity index (χ1n) is 6.40. The Kier molecular flexibility index (Phi) is 4.74. The Morgan fingerprint density at radius 1 is 1.11 bits per heavy atom. The van der Waals surface area contributed by atoms with Crippen molar-refractivity contribution in [1.82, 2.24) is 0 Å². The molecular weight excluding hydrogens is 254 g/mol. The van der Waals surface area contributed by atoms with Gasteiger partial charge < -0.3 is 10.5 Å². The standard InChI is InChI=1S/C16H19NOS/c1-3-18-14-9-7-13(8-10-14)11-19-15-6-4-5-12(2)16(15)17/h4-10H,3,11,17H2,1-2H3. The molecule has 0 aliphatic rings. The quantitative estimate of drug-likeness (QED) is 0.652. The SMILES string of the molecule is CCOc1ccc(CSc2cccc(C)c2N)cc1. The van der Waals surface area contributed by atoms with Crippen LogP contribution in [-0.2, 0) is 5.75 Å². The van der Waals surface area contributed by atoms with Crippen molar-refractivity contribution >= 4 is 17.4 Å². The highest BCUT2D eigenvalue weighted by Gasteiger charge is 2.03. The molecule has 100 valence electrons. The van der Waals surface area contributed by atoms with Crippen molar-refractivity contribution in [2.45, 2.75) is 24.5 Å². The van der Waals surface area contributed by atoms with E-state index in [1.165, 1.54) is 5.56 Å². The van der Waals surface area contributed by atoms with Crippen LogP contribution in [0.1, 0.15) is 18.1 Å². The molecular formula is C16H19NOS. The molecule has 0 saturated carbocycles. The number of hydrogen-bond donors (Lipinski definition) is 1. The molecule has 2 aromatic rings. The van der Waals surface area contributed by atoms with E-state index >= 15 is 0 Å². The minimum absolute atomic E-state index is 0.702. The van der Waals surface area contributed by atoms with E-state index in [0.29, 0.717) is 6.61 Å². The summed E-state index contributed by atoms with van der Waals surface area (Å²) in [5, 5.41) is 0. The molecule has 0 atom stereocenters. The van der Waals surface area contributed by atoms with E-state index in [2.05, 4.69) is 18.2 Å². The van der Waals surface area contributed by atoms with Gasteiger partial charge in [-0.25, -0.2) is 0 Å². The minimum atomic E-state index is 0.702. The molecule has 0 bridgehead atoms. The molecule has 0 amide bonds. The molecule has 3 heteroatoms. The van der Waals surface area contributed by atoms with E-state index in [0.717, 1.165) is 27.6 Å². The van der Waals surface area contributed by atoms with Crippen LogP contribution >= 0.6 is 11.8 Å². The highest BCUT2D eigenvalue weighted by molar-refractivity contribution is 7.98. The fraction of sp³-hybridized carbons (Fsp3) is 0.250. The van der Waals surface area contributed by atoms with Crippen LogP contribution in [0.4, 0.5) is 5.69 Å². The fourth-order valence-corrected chi connectivity index (χ4v) is 2.80. The predicted molar refractivity (Wildman–Crippen MR) is 82.8 cm³/mol. The first-order valence-corrected chi connectivity index (χ1v) is 7.39. The third-order valence-corrected chi connectivity index (χ3v) is 4.06. The minimum Gasteiger partial charge on any atom is -0.494 e. The van der Waals surface area contributed by atoms with Crippen LogP contribution in [0.2, 0.25) is 0 Å². The maximum absolute atomic E-state index is 6.07. The molecule has 0 fully saturated rings. The Morgan fingerprint density at radius 3 is 2.53 bits per heavy atom. The van der Waals surface area contributed by atoms with Gasteiger partial charge in [0.1, 0.15) is 5.75 Å². The summed E-state index contributed by atoms with van der Waals surface area (Å²) < 4.78 is 5.43. The van der Waals surface area contributed by atoms with Crippen LogP contribution in [0.5, 0.6) is 5.75 Å². The number of aryl methyl sites for hydroxylation is 1. The number of hydrogen-bond acceptors (Lipinski definition) is 3. The first-order chi connectivity index (χ1) is 9.20. The van der Waals surface area contributed by atoms with Gasteiger partial charge in [0.2, 0.25) is 0 Å². The molecule has 0 heterocycles. The lowest BCUT2D eigenvalue weighted by Crippen LogP contribution is -1.93. The Morgan fingerprint density at radius 2 is 1.84 bits per heavy atom. The molecule has 2 N–H and O–H groups in total. The van der Waals surface area contributed by atoms with Gasteiger partial charge in [-0.05, 0) is 43.2 Å². The smallest absolute Gasteiger partial charge is 0.119 e. The van der Waals surface area contributed by atoms with E-state index in [1.807, 2.05) is 38.1 Å². The maximum atomic E-state index is 6.07. The van der Waals surface area contributed by atoms with Gasteiger partial charge in [-0.2, -0.15) is 0 Å². The van der Waals surface area contributed by atoms with E-state index < -0.39 is 0 Å². The van der Waals surface area contributed by atoms with Crippen molar-refractivity contribution < 1.29 is 4.74 Å². The number of anilines is 1. The van der Waals surface area contributed by atoms with Gasteiger partial charge >= 0.3 is 0 Å². The van der Waals surface area contributed by atoms with Crippen molar-refractivity contribution in [2.75, 3.05) is 12.3 Å². The average Bonchev–Trinajstić information content (AvgIpc) is 2.42. The van der Waals surface area contributed by atoms with Crippen LogP contribution in [0.3, 0.4) is 0 Å². The second-order valence-corrected chi connectivity index (χ2v) is 5.37. The van der Waals surface area contributed by atoms with Gasteiger partial charge in [-0.1, -0.05) is 24.3 Å². The number of thioether (sulfide) groups is 1. The van der Waals surface area contributed by atoms with E-state index in [1.54, 1.807) is 11.8 Å². The van der Waals surface area contributed by atoms with Gasteiger partial charge in [0, 0.05) is 16.3 Å². The van der Waals surface area contributed by atoms with Gasteiger partial charge in [0.15, 0.2) is 0 Å². The molecule has 2 aromatic carbocycles. The summed E-state index contributed by atoms with van der Waals surface area (Å²) in [4.78, 5) is 1.15. The summed E-state index contributed by atoms with van der Waals surface area (Å²) in [5.74, 6) is 1.84. The number of para-hydroxylation sites is 1. The Balaban J connectivity index is 2.00. The molecule has 0 radical (unpaired) electrons. The number of benzene rings is 2. The van der Waals surface area contributed by atoms with Crippen molar-refractivity contribution in [3.05, 3.63) is 53.6 Å². The molecule has 0 saturated heterocycles. The maximum Gasteiger partial charge on any atom is 0.119 e. The van der Waals surface area contributed by atoms with Crippen molar-refractivity contribution in [2.24, 2.45) is 0 Å². The topological polar surface area (TPSA) is 35.2 Å². The van der Waals surface area contributed by atoms with Gasteiger partial charge in [-0.15, -0.1) is 11.8 Å². The fourth-order valence-electron chi connectivity index (χ4n) is 1.79. The van der Waals surface area contributed by atoms with Crippen LogP contribution < -0.4 is 10.5 Å². The van der Waals surface area contributed by atoms with Crippen LogP contribution in [0, 0.1) is 6.92 Å². The normalized spacial score (nSPS) is 10.4. The first kappa shape index (κ1) is 13.8. The lowest BCUT2D eigenvalue weighted by molar-refractivity contribution is 0.340. The lowest BCUT2D eigenvalue weighted by atomic mass is 10.2. The Labute approximate surface area is 119 Å². The summed E-state index contributed by atoms with van der Waals surface area (Å²) in [6.07, 6.45) is 0. The Bertz CT molecular complexity index is 537. The summed E-state index contributed by atoms with van der Waals surface area (Å²) in [7, 11) is 0. The molecule has 2 nitrogen and oxygen atoms in total. The third kappa shape index (κ3) is 3.67. The zero-order valence-electron chi connectivity index (χ0n) is 11.3. The Hall–Kier alpha value is -1.61. The van der Waals surface area contributed by atoms with Crippen LogP contribution in [0.25, 0.3) is 0 Å². The van der Waals surface area contributed by atoms with Crippen molar-refractivity contribution in [3.63, 3.8) is 0 Å². The molecule has 2 rings (SSSR count). The number of ether oxygens (including phenoxy) is 1. The van der Waals surface area contributed by atoms with Gasteiger partial charge in [0.05, 0.1) is 6.61 Å². The molecule has 0 aliphatic carbocycles. The molecule has 0 spiro atoms. The summed E-state index contributed by atoms with van der Waals surface area (Å²) in [6.45, 7) is 4.73. The second-order valence-electron chi connectivity index (χ2n) is 4.35. The predicted octanol–water partition coefficient (Wildman–Crippen LogP) is 4.27. The highest BCUT2D eigenvalue weighted by atomic mass is 32.2. The summed E-state index contributed by atoms with van der Waals surface area (Å²) >= 11 is 1.77. The van der Waals surface area contributed by atoms with Crippen LogP contribution in [0.15, 0.2) is 47.4 Å². The molecule has 0 aliphatic heterocycles. The van der Waals surface area contributed by atoms with E-state index in [9.17, 15) is 0 Å². The zero-order valence-corrected chi connectivity index (χ0v) is 12.2. The summed E-state index contributed by atoms with van der Waals surface area (Å²) in [5.41, 5.74) is 9.37. The highest BCUT2D eigenvalue weighted by Crippen LogP contribution is 2.30. The lowest BCUT2D eigenvalue weighted by Gasteiger charge is -2.08. The number of rotatable bonds is 5. The van der Waals surface area contributed by atoms with Crippen molar-refractivity contribution in [1.29, 1.82) is 0 Å². The number of nitrogen functional groups attached to an aromatic ring is 1. The monoisotopic (exact) mass is 273 g/mol. The van der Waals surface area contributed by atoms with E-state index in [-0.39, 0.29) is 0 Å². The number of nitrogens with two attached hydrogens (primary N) is 1. The molecule has 0 unspecified atom stereocenters. The molecule has 0 aromatic heterocycles. The van der Waals surface area contributed by atoms with Gasteiger partial charge in [-0.3, -0.25) is 0 Å². The zero-order chi connectivity index (χ0) is 13.7. The van der Waals surface area contributed by atoms with Gasteiger partial charge in [0.25, 0.3) is 0 Å². The third-order valence-electron chi connectivity index (χ3n) is 2.91.